The molecular formula is C48H62N6O7. The Morgan fingerprint density at radius 3 is 2.05 bits per heavy atom. The molecule has 0 saturated carbocycles. The zero-order valence-electron chi connectivity index (χ0n) is 36.7. The molecular weight excluding hydrogens is 773 g/mol. The molecule has 0 aliphatic carbocycles. The number of hydrogen-bond donors (Lipinski definition) is 4. The Labute approximate surface area is 360 Å². The van der Waals surface area contributed by atoms with E-state index < -0.39 is 53.1 Å². The summed E-state index contributed by atoms with van der Waals surface area (Å²) in [5, 5.41) is 21.2. The first-order chi connectivity index (χ1) is 29.0. The lowest BCUT2D eigenvalue weighted by Crippen LogP contribution is -2.59. The molecule has 61 heavy (non-hydrogen) atoms. The van der Waals surface area contributed by atoms with Gasteiger partial charge in [0.25, 0.3) is 0 Å². The lowest BCUT2D eigenvalue weighted by molar-refractivity contribution is -0.131. The van der Waals surface area contributed by atoms with Crippen LogP contribution in [0.4, 0.5) is 9.59 Å². The highest BCUT2D eigenvalue weighted by Gasteiger charge is 2.44. The third kappa shape index (κ3) is 12.8. The summed E-state index contributed by atoms with van der Waals surface area (Å²) in [4.78, 5) is 62.9. The topological polar surface area (TPSA) is 162 Å². The SMILES string of the molecule is COC(=O)N[C@H](C(=O)N[C@@H](Cc1ccc(-c2ccccn2)cc1)C[C@H](O)[C@H](Cc1ccccc1)NC(=O)[C@@H](N1CCN(Cc2cccc(OC)c2)C1=O)C(C)(C)C)C(C)(C)C. The summed E-state index contributed by atoms with van der Waals surface area (Å²) in [6, 6.07) is 27.2. The van der Waals surface area contributed by atoms with Crippen molar-refractivity contribution < 1.29 is 33.8 Å². The molecule has 4 N–H and O–H groups in total. The Kier molecular flexibility index (Phi) is 15.5. The lowest BCUT2D eigenvalue weighted by atomic mass is 9.84. The van der Waals surface area contributed by atoms with E-state index in [1.165, 1.54) is 7.11 Å². The maximum atomic E-state index is 14.6. The van der Waals surface area contributed by atoms with Crippen LogP contribution < -0.4 is 20.7 Å². The number of aliphatic hydroxyl groups excluding tert-OH is 1. The van der Waals surface area contributed by atoms with E-state index in [0.29, 0.717) is 31.8 Å². The minimum atomic E-state index is -1.15. The van der Waals surface area contributed by atoms with Gasteiger partial charge in [-0.15, -0.1) is 0 Å². The van der Waals surface area contributed by atoms with Crippen LogP contribution in [0.25, 0.3) is 11.3 Å². The predicted octanol–water partition coefficient (Wildman–Crippen LogP) is 6.39. The van der Waals surface area contributed by atoms with Gasteiger partial charge in [0.05, 0.1) is 32.1 Å². The third-order valence-corrected chi connectivity index (χ3v) is 11.0. The number of benzene rings is 3. The summed E-state index contributed by atoms with van der Waals surface area (Å²) < 4.78 is 10.2. The fraction of sp³-hybridized carbons (Fsp3) is 0.438. The van der Waals surface area contributed by atoms with E-state index in [0.717, 1.165) is 27.9 Å². The van der Waals surface area contributed by atoms with Crippen LogP contribution in [0.3, 0.4) is 0 Å². The molecule has 5 amide bonds. The summed E-state index contributed by atoms with van der Waals surface area (Å²) in [6.45, 7) is 12.5. The number of carbonyl (C=O) groups excluding carboxylic acids is 4. The number of methoxy groups -OCH3 is 2. The molecule has 1 fully saturated rings. The predicted molar refractivity (Wildman–Crippen MR) is 236 cm³/mol. The fourth-order valence-electron chi connectivity index (χ4n) is 7.81. The molecule has 3 aromatic carbocycles. The van der Waals surface area contributed by atoms with Crippen LogP contribution in [-0.4, -0.2) is 101 Å². The van der Waals surface area contributed by atoms with Crippen molar-refractivity contribution in [2.24, 2.45) is 10.8 Å². The molecule has 5 rings (SSSR count). The molecule has 1 aliphatic rings. The second-order valence-corrected chi connectivity index (χ2v) is 17.9. The van der Waals surface area contributed by atoms with E-state index >= 15 is 0 Å². The molecule has 1 saturated heterocycles. The number of aromatic nitrogens is 1. The molecule has 2 heterocycles. The number of nitrogens with zero attached hydrogens (tertiary/aromatic N) is 3. The van der Waals surface area contributed by atoms with Crippen LogP contribution in [0.15, 0.2) is 103 Å². The van der Waals surface area contributed by atoms with E-state index in [1.54, 1.807) is 23.1 Å². The average molecular weight is 835 g/mol. The van der Waals surface area contributed by atoms with E-state index in [4.69, 9.17) is 9.47 Å². The molecule has 13 heteroatoms. The van der Waals surface area contributed by atoms with Gasteiger partial charge in [-0.25, -0.2) is 9.59 Å². The second kappa shape index (κ2) is 20.5. The van der Waals surface area contributed by atoms with Crippen molar-refractivity contribution in [2.75, 3.05) is 27.3 Å². The van der Waals surface area contributed by atoms with Crippen molar-refractivity contribution in [3.05, 3.63) is 120 Å². The third-order valence-electron chi connectivity index (χ3n) is 11.0. The smallest absolute Gasteiger partial charge is 0.407 e. The van der Waals surface area contributed by atoms with Crippen LogP contribution in [0, 0.1) is 10.8 Å². The standard InChI is InChI=1S/C48H62N6O7/c1-47(2,3)41(52-45(58)61-8)43(56)50-36(27-33-20-22-35(23-21-33)38-19-12-13-24-49-38)30-40(55)39(29-32-15-10-9-11-16-32)51-44(57)42(48(4,5)6)54-26-25-53(46(54)59)31-34-17-14-18-37(28-34)60-7/h9-24,28,36,39-42,55H,25-27,29-31H2,1-8H3,(H,50,56)(H,51,57)(H,52,58)/t36-,39-,40-,41+,42+/m0/s1. The molecule has 1 aromatic heterocycles. The van der Waals surface area contributed by atoms with Gasteiger partial charge >= 0.3 is 12.1 Å². The lowest BCUT2D eigenvalue weighted by Gasteiger charge is -2.38. The average Bonchev–Trinajstić information content (AvgIpc) is 3.57. The first-order valence-electron chi connectivity index (χ1n) is 20.8. The molecule has 1 aliphatic heterocycles. The van der Waals surface area contributed by atoms with Crippen molar-refractivity contribution >= 4 is 23.9 Å². The highest BCUT2D eigenvalue weighted by atomic mass is 16.5. The van der Waals surface area contributed by atoms with Crippen LogP contribution >= 0.6 is 0 Å². The summed E-state index contributed by atoms with van der Waals surface area (Å²) in [5.41, 5.74) is 3.10. The molecule has 0 bridgehead atoms. The zero-order valence-corrected chi connectivity index (χ0v) is 36.7. The molecule has 0 unspecified atom stereocenters. The van der Waals surface area contributed by atoms with Crippen LogP contribution in [-0.2, 0) is 33.7 Å². The van der Waals surface area contributed by atoms with Gasteiger partial charge in [-0.2, -0.15) is 0 Å². The number of aliphatic hydroxyl groups is 1. The summed E-state index contributed by atoms with van der Waals surface area (Å²) in [6.07, 6.45) is 0.522. The number of pyridine rings is 1. The molecule has 326 valence electrons. The maximum absolute atomic E-state index is 14.6. The van der Waals surface area contributed by atoms with E-state index in [2.05, 4.69) is 20.9 Å². The number of ether oxygens (including phenoxy) is 2. The van der Waals surface area contributed by atoms with Crippen LogP contribution in [0.2, 0.25) is 0 Å². The van der Waals surface area contributed by atoms with E-state index in [-0.39, 0.29) is 24.8 Å². The minimum absolute atomic E-state index is 0.0533. The van der Waals surface area contributed by atoms with Crippen molar-refractivity contribution in [3.8, 4) is 17.0 Å². The number of hydrogen-bond acceptors (Lipinski definition) is 8. The largest absolute Gasteiger partial charge is 0.497 e. The number of nitrogens with one attached hydrogen (secondary N) is 3. The highest BCUT2D eigenvalue weighted by Crippen LogP contribution is 2.30. The van der Waals surface area contributed by atoms with Crippen molar-refractivity contribution in [1.29, 1.82) is 0 Å². The van der Waals surface area contributed by atoms with Gasteiger partial charge in [0.2, 0.25) is 11.8 Å². The Bertz CT molecular complexity index is 2070. The molecule has 0 radical (unpaired) electrons. The highest BCUT2D eigenvalue weighted by molar-refractivity contribution is 5.89. The zero-order chi connectivity index (χ0) is 44.3. The summed E-state index contributed by atoms with van der Waals surface area (Å²) >= 11 is 0. The van der Waals surface area contributed by atoms with Gasteiger partial charge in [-0.05, 0) is 71.0 Å². The quantitative estimate of drug-likeness (QED) is 0.0953. The summed E-state index contributed by atoms with van der Waals surface area (Å²) in [5.74, 6) is -0.129. The minimum Gasteiger partial charge on any atom is -0.497 e. The maximum Gasteiger partial charge on any atom is 0.407 e. The number of amides is 5. The van der Waals surface area contributed by atoms with Crippen molar-refractivity contribution in [2.45, 2.75) is 97.6 Å². The Morgan fingerprint density at radius 2 is 1.43 bits per heavy atom. The van der Waals surface area contributed by atoms with Gasteiger partial charge in [-0.3, -0.25) is 14.6 Å². The first-order valence-corrected chi connectivity index (χ1v) is 20.8. The second-order valence-electron chi connectivity index (χ2n) is 17.9. The fourth-order valence-corrected chi connectivity index (χ4v) is 7.81. The normalized spacial score (nSPS) is 15.6. The van der Waals surface area contributed by atoms with E-state index in [1.807, 2.05) is 139 Å². The van der Waals surface area contributed by atoms with Crippen LogP contribution in [0.5, 0.6) is 5.75 Å². The van der Waals surface area contributed by atoms with Gasteiger partial charge in [0.15, 0.2) is 0 Å². The van der Waals surface area contributed by atoms with Gasteiger partial charge in [-0.1, -0.05) is 114 Å². The van der Waals surface area contributed by atoms with E-state index in [9.17, 15) is 24.3 Å². The Morgan fingerprint density at radius 1 is 0.754 bits per heavy atom. The molecule has 0 spiro atoms. The number of rotatable bonds is 17. The van der Waals surface area contributed by atoms with Gasteiger partial charge < -0.3 is 40.3 Å². The molecule has 13 nitrogen and oxygen atoms in total. The number of urea groups is 1. The first kappa shape index (κ1) is 46.1. The number of carbonyl (C=O) groups is 4. The van der Waals surface area contributed by atoms with Gasteiger partial charge in [0, 0.05) is 37.4 Å². The van der Waals surface area contributed by atoms with Crippen molar-refractivity contribution in [3.63, 3.8) is 0 Å². The molecule has 5 atom stereocenters. The van der Waals surface area contributed by atoms with Crippen LogP contribution in [0.1, 0.15) is 64.7 Å². The Hall–Kier alpha value is -5.95. The summed E-state index contributed by atoms with van der Waals surface area (Å²) in [7, 11) is 2.84. The Balaban J connectivity index is 1.41. The molecule has 4 aromatic rings. The number of alkyl carbamates (subject to hydrolysis) is 1. The monoisotopic (exact) mass is 834 g/mol. The van der Waals surface area contributed by atoms with Gasteiger partial charge in [0.1, 0.15) is 17.8 Å². The van der Waals surface area contributed by atoms with Crippen molar-refractivity contribution in [1.82, 2.24) is 30.7 Å².